The summed E-state index contributed by atoms with van der Waals surface area (Å²) in [4.78, 5) is 10.6. The number of primary amides is 1. The Morgan fingerprint density at radius 2 is 2.05 bits per heavy atom. The van der Waals surface area contributed by atoms with Gasteiger partial charge in [-0.2, -0.15) is 5.10 Å². The minimum absolute atomic E-state index is 0.284. The van der Waals surface area contributed by atoms with Crippen molar-refractivity contribution in [2.45, 2.75) is 6.61 Å². The van der Waals surface area contributed by atoms with E-state index in [0.717, 1.165) is 10.0 Å². The molecule has 0 bridgehead atoms. The molecule has 0 radical (unpaired) electrons. The average Bonchev–Trinajstić information content (AvgIpc) is 2.48. The van der Waals surface area contributed by atoms with Gasteiger partial charge in [-0.3, -0.25) is 0 Å². The van der Waals surface area contributed by atoms with Crippen LogP contribution >= 0.6 is 15.9 Å². The number of nitrogens with two attached hydrogens (primary N) is 1. The predicted molar refractivity (Wildman–Crippen MR) is 85.2 cm³/mol. The molecule has 0 heterocycles. The number of halogens is 2. The monoisotopic (exact) mass is 365 g/mol. The molecule has 22 heavy (non-hydrogen) atoms. The predicted octanol–water partition coefficient (Wildman–Crippen LogP) is 3.17. The zero-order valence-corrected chi connectivity index (χ0v) is 13.0. The summed E-state index contributed by atoms with van der Waals surface area (Å²) < 4.78 is 19.4. The van der Waals surface area contributed by atoms with Crippen LogP contribution in [-0.2, 0) is 6.61 Å². The molecular weight excluding hydrogens is 353 g/mol. The number of urea groups is 1. The van der Waals surface area contributed by atoms with Crippen LogP contribution in [0.4, 0.5) is 9.18 Å². The largest absolute Gasteiger partial charge is 0.488 e. The normalized spacial score (nSPS) is 10.6. The molecule has 0 fully saturated rings. The summed E-state index contributed by atoms with van der Waals surface area (Å²) >= 11 is 3.35. The molecule has 2 aromatic carbocycles. The number of hydrazone groups is 1. The number of rotatable bonds is 5. The lowest BCUT2D eigenvalue weighted by Gasteiger charge is -2.09. The van der Waals surface area contributed by atoms with Gasteiger partial charge in [0.2, 0.25) is 0 Å². The van der Waals surface area contributed by atoms with Gasteiger partial charge in [-0.15, -0.1) is 0 Å². The number of nitrogens with one attached hydrogen (secondary N) is 1. The van der Waals surface area contributed by atoms with Crippen LogP contribution in [0.15, 0.2) is 52.0 Å². The smallest absolute Gasteiger partial charge is 0.332 e. The number of nitrogens with zero attached hydrogens (tertiary/aromatic N) is 1. The zero-order chi connectivity index (χ0) is 15.9. The van der Waals surface area contributed by atoms with Gasteiger partial charge >= 0.3 is 6.03 Å². The van der Waals surface area contributed by atoms with E-state index >= 15 is 0 Å². The van der Waals surface area contributed by atoms with E-state index in [9.17, 15) is 9.18 Å². The van der Waals surface area contributed by atoms with E-state index in [1.165, 1.54) is 18.3 Å². The van der Waals surface area contributed by atoms with Crippen LogP contribution in [0.1, 0.15) is 11.1 Å². The van der Waals surface area contributed by atoms with E-state index in [0.29, 0.717) is 11.3 Å². The van der Waals surface area contributed by atoms with Crippen LogP contribution in [0.5, 0.6) is 5.75 Å². The Labute approximate surface area is 135 Å². The Balaban J connectivity index is 2.10. The van der Waals surface area contributed by atoms with Crippen LogP contribution < -0.4 is 15.9 Å². The number of hydrogen-bond acceptors (Lipinski definition) is 3. The number of carbonyl (C=O) groups is 1. The molecule has 0 saturated heterocycles. The molecule has 3 N–H and O–H groups in total. The maximum atomic E-state index is 12.9. The summed E-state index contributed by atoms with van der Waals surface area (Å²) in [6, 6.07) is 10.7. The first kappa shape index (κ1) is 16.0. The van der Waals surface area contributed by atoms with E-state index < -0.39 is 6.03 Å². The van der Waals surface area contributed by atoms with E-state index in [1.807, 2.05) is 6.07 Å². The number of hydrogen-bond donors (Lipinski definition) is 2. The highest BCUT2D eigenvalue weighted by atomic mass is 79.9. The Hall–Kier alpha value is -2.41. The van der Waals surface area contributed by atoms with Crippen molar-refractivity contribution >= 4 is 28.2 Å². The molecule has 0 unspecified atom stereocenters. The zero-order valence-electron chi connectivity index (χ0n) is 11.4. The molecule has 2 rings (SSSR count). The summed E-state index contributed by atoms with van der Waals surface area (Å²) in [5, 5.41) is 3.71. The van der Waals surface area contributed by atoms with Crippen molar-refractivity contribution in [3.63, 3.8) is 0 Å². The van der Waals surface area contributed by atoms with Gasteiger partial charge in [0.1, 0.15) is 18.2 Å². The Morgan fingerprint density at radius 1 is 1.32 bits per heavy atom. The van der Waals surface area contributed by atoms with Gasteiger partial charge in [0.25, 0.3) is 0 Å². The maximum Gasteiger partial charge on any atom is 0.332 e. The molecule has 114 valence electrons. The lowest BCUT2D eigenvalue weighted by Crippen LogP contribution is -2.24. The average molecular weight is 366 g/mol. The highest BCUT2D eigenvalue weighted by Crippen LogP contribution is 2.22. The molecule has 0 spiro atoms. The molecular formula is C15H13BrFN3O2. The summed E-state index contributed by atoms with van der Waals surface area (Å²) in [6.07, 6.45) is 1.43. The van der Waals surface area contributed by atoms with Crippen LogP contribution in [-0.4, -0.2) is 12.2 Å². The Morgan fingerprint density at radius 3 is 2.73 bits per heavy atom. The summed E-state index contributed by atoms with van der Waals surface area (Å²) in [5.74, 6) is 0.278. The van der Waals surface area contributed by atoms with Gasteiger partial charge in [0, 0.05) is 10.0 Å². The summed E-state index contributed by atoms with van der Waals surface area (Å²) in [5.41, 5.74) is 8.55. The molecule has 2 aromatic rings. The second-order valence-electron chi connectivity index (χ2n) is 4.33. The number of benzene rings is 2. The standard InChI is InChI=1S/C15H13BrFN3O2/c16-12-3-6-14(11(7-12)8-19-20-15(18)21)22-9-10-1-4-13(17)5-2-10/h1-8H,9H2,(H3,18,20,21)/b19-8-. The van der Waals surface area contributed by atoms with Gasteiger partial charge in [-0.25, -0.2) is 14.6 Å². The third kappa shape index (κ3) is 4.85. The first-order valence-corrected chi connectivity index (χ1v) is 7.09. The Bertz CT molecular complexity index is 690. The number of carbonyl (C=O) groups excluding carboxylic acids is 1. The van der Waals surface area contributed by atoms with Gasteiger partial charge in [-0.05, 0) is 35.9 Å². The van der Waals surface area contributed by atoms with Crippen molar-refractivity contribution in [1.82, 2.24) is 5.43 Å². The van der Waals surface area contributed by atoms with Crippen molar-refractivity contribution < 1.29 is 13.9 Å². The quantitative estimate of drug-likeness (QED) is 0.630. The lowest BCUT2D eigenvalue weighted by molar-refractivity contribution is 0.249. The minimum atomic E-state index is -0.750. The summed E-state index contributed by atoms with van der Waals surface area (Å²) in [6.45, 7) is 0.284. The van der Waals surface area contributed by atoms with Gasteiger partial charge in [0.05, 0.1) is 6.21 Å². The van der Waals surface area contributed by atoms with Crippen molar-refractivity contribution in [2.75, 3.05) is 0 Å². The second-order valence-corrected chi connectivity index (χ2v) is 5.25. The topological polar surface area (TPSA) is 76.7 Å². The van der Waals surface area contributed by atoms with Crippen molar-refractivity contribution in [1.29, 1.82) is 0 Å². The van der Waals surface area contributed by atoms with Crippen LogP contribution in [0.25, 0.3) is 0 Å². The van der Waals surface area contributed by atoms with E-state index in [2.05, 4.69) is 26.5 Å². The maximum absolute atomic E-state index is 12.9. The molecule has 0 aliphatic rings. The lowest BCUT2D eigenvalue weighted by atomic mass is 10.2. The molecule has 0 aliphatic carbocycles. The number of amides is 2. The third-order valence-corrected chi connectivity index (χ3v) is 3.15. The van der Waals surface area contributed by atoms with Crippen molar-refractivity contribution in [3.05, 3.63) is 63.9 Å². The van der Waals surface area contributed by atoms with Crippen molar-refractivity contribution in [2.24, 2.45) is 10.8 Å². The first-order valence-electron chi connectivity index (χ1n) is 6.30. The van der Waals surface area contributed by atoms with Gasteiger partial charge < -0.3 is 10.5 Å². The summed E-state index contributed by atoms with van der Waals surface area (Å²) in [7, 11) is 0. The molecule has 0 saturated carbocycles. The first-order chi connectivity index (χ1) is 10.5. The molecule has 0 aliphatic heterocycles. The van der Waals surface area contributed by atoms with E-state index in [1.54, 1.807) is 24.3 Å². The third-order valence-electron chi connectivity index (χ3n) is 2.66. The fourth-order valence-electron chi connectivity index (χ4n) is 1.66. The fraction of sp³-hybridized carbons (Fsp3) is 0.0667. The van der Waals surface area contributed by atoms with Crippen molar-refractivity contribution in [3.8, 4) is 5.75 Å². The second kappa shape index (κ2) is 7.56. The van der Waals surface area contributed by atoms with Crippen LogP contribution in [0, 0.1) is 5.82 Å². The number of ether oxygens (including phenoxy) is 1. The van der Waals surface area contributed by atoms with E-state index in [-0.39, 0.29) is 12.4 Å². The molecule has 5 nitrogen and oxygen atoms in total. The Kier molecular flexibility index (Phi) is 5.48. The van der Waals surface area contributed by atoms with Gasteiger partial charge in [-0.1, -0.05) is 28.1 Å². The molecule has 0 atom stereocenters. The van der Waals surface area contributed by atoms with E-state index in [4.69, 9.17) is 10.5 Å². The van der Waals surface area contributed by atoms with Crippen LogP contribution in [0.3, 0.4) is 0 Å². The van der Waals surface area contributed by atoms with Gasteiger partial charge in [0.15, 0.2) is 0 Å². The molecule has 2 amide bonds. The molecule has 0 aromatic heterocycles. The highest BCUT2D eigenvalue weighted by molar-refractivity contribution is 9.10. The highest BCUT2D eigenvalue weighted by Gasteiger charge is 2.04. The van der Waals surface area contributed by atoms with Crippen LogP contribution in [0.2, 0.25) is 0 Å². The molecule has 7 heteroatoms. The SMILES string of the molecule is NC(=O)N/N=C\c1cc(Br)ccc1OCc1ccc(F)cc1. The fourth-order valence-corrected chi connectivity index (χ4v) is 2.04. The minimum Gasteiger partial charge on any atom is -0.488 e.